The van der Waals surface area contributed by atoms with Crippen LogP contribution in [0.4, 0.5) is 0 Å². The monoisotopic (exact) mass is 224 g/mol. The summed E-state index contributed by atoms with van der Waals surface area (Å²) in [7, 11) is 0. The zero-order chi connectivity index (χ0) is 12.1. The number of pyridine rings is 2. The summed E-state index contributed by atoms with van der Waals surface area (Å²) in [5.41, 5.74) is 6.07. The van der Waals surface area contributed by atoms with Crippen LogP contribution in [-0.4, -0.2) is 16.5 Å². The molecular formula is C13H12N4. The summed E-state index contributed by atoms with van der Waals surface area (Å²) in [4.78, 5) is 8.45. The van der Waals surface area contributed by atoms with E-state index < -0.39 is 5.41 Å². The molecule has 4 heteroatoms. The average Bonchev–Trinajstić information content (AvgIpc) is 2.43. The van der Waals surface area contributed by atoms with Gasteiger partial charge in [0.25, 0.3) is 0 Å². The molecule has 84 valence electrons. The molecule has 0 saturated heterocycles. The summed E-state index contributed by atoms with van der Waals surface area (Å²) >= 11 is 0. The molecule has 0 fully saturated rings. The minimum absolute atomic E-state index is 0.150. The molecule has 0 amide bonds. The summed E-state index contributed by atoms with van der Waals surface area (Å²) in [6.45, 7) is 0.150. The highest BCUT2D eigenvalue weighted by molar-refractivity contribution is 5.39. The number of hydrogen-bond acceptors (Lipinski definition) is 4. The molecule has 4 nitrogen and oxygen atoms in total. The van der Waals surface area contributed by atoms with Gasteiger partial charge in [-0.15, -0.1) is 0 Å². The first-order valence-electron chi connectivity index (χ1n) is 5.28. The number of nitrogens with two attached hydrogens (primary N) is 1. The Morgan fingerprint density at radius 1 is 1.06 bits per heavy atom. The van der Waals surface area contributed by atoms with E-state index in [2.05, 4.69) is 16.0 Å². The first-order chi connectivity index (χ1) is 8.33. The molecule has 17 heavy (non-hydrogen) atoms. The van der Waals surface area contributed by atoms with E-state index >= 15 is 0 Å². The van der Waals surface area contributed by atoms with Crippen LogP contribution in [0, 0.1) is 11.3 Å². The molecule has 0 unspecified atom stereocenters. The second-order valence-electron chi connectivity index (χ2n) is 3.65. The van der Waals surface area contributed by atoms with Crippen LogP contribution in [0.15, 0.2) is 48.8 Å². The van der Waals surface area contributed by atoms with Gasteiger partial charge in [-0.1, -0.05) is 12.1 Å². The molecule has 2 N–H and O–H groups in total. The van der Waals surface area contributed by atoms with Crippen LogP contribution >= 0.6 is 0 Å². The van der Waals surface area contributed by atoms with Gasteiger partial charge in [0, 0.05) is 18.9 Å². The Morgan fingerprint density at radius 2 is 1.59 bits per heavy atom. The molecular weight excluding hydrogens is 212 g/mol. The van der Waals surface area contributed by atoms with Crippen LogP contribution in [-0.2, 0) is 5.41 Å². The highest BCUT2D eigenvalue weighted by atomic mass is 14.8. The third-order valence-electron chi connectivity index (χ3n) is 2.70. The van der Waals surface area contributed by atoms with Crippen LogP contribution in [0.3, 0.4) is 0 Å². The molecule has 0 aliphatic rings. The van der Waals surface area contributed by atoms with Crippen LogP contribution in [0.2, 0.25) is 0 Å². The van der Waals surface area contributed by atoms with Crippen molar-refractivity contribution in [2.45, 2.75) is 5.41 Å². The summed E-state index contributed by atoms with van der Waals surface area (Å²) in [5.74, 6) is 0. The van der Waals surface area contributed by atoms with Gasteiger partial charge in [0.05, 0.1) is 17.5 Å². The molecule has 2 heterocycles. The van der Waals surface area contributed by atoms with Gasteiger partial charge >= 0.3 is 0 Å². The van der Waals surface area contributed by atoms with Crippen molar-refractivity contribution >= 4 is 0 Å². The standard InChI is InChI=1S/C13H12N4/c14-9-13(10-15,11-5-1-3-7-16-11)12-6-2-4-8-17-12/h1-8H,9,14H2. The highest BCUT2D eigenvalue weighted by Crippen LogP contribution is 2.27. The lowest BCUT2D eigenvalue weighted by Gasteiger charge is -2.23. The highest BCUT2D eigenvalue weighted by Gasteiger charge is 2.35. The van der Waals surface area contributed by atoms with Crippen molar-refractivity contribution in [1.82, 2.24) is 9.97 Å². The van der Waals surface area contributed by atoms with Gasteiger partial charge in [0.2, 0.25) is 0 Å². The fourth-order valence-corrected chi connectivity index (χ4v) is 1.73. The fraction of sp³-hybridized carbons (Fsp3) is 0.154. The number of aromatic nitrogens is 2. The van der Waals surface area contributed by atoms with Crippen molar-refractivity contribution < 1.29 is 0 Å². The second kappa shape index (κ2) is 4.73. The number of hydrogen-bond donors (Lipinski definition) is 1. The maximum Gasteiger partial charge on any atom is 0.153 e. The van der Waals surface area contributed by atoms with E-state index in [4.69, 9.17) is 5.73 Å². The van der Waals surface area contributed by atoms with Crippen LogP contribution in [0.25, 0.3) is 0 Å². The first kappa shape index (κ1) is 11.2. The van der Waals surface area contributed by atoms with Crippen molar-refractivity contribution in [3.05, 3.63) is 60.2 Å². The zero-order valence-electron chi connectivity index (χ0n) is 9.24. The van der Waals surface area contributed by atoms with Gasteiger partial charge in [0.1, 0.15) is 0 Å². The lowest BCUT2D eigenvalue weighted by molar-refractivity contribution is 0.625. The Hall–Kier alpha value is -2.25. The lowest BCUT2D eigenvalue weighted by Crippen LogP contribution is -2.36. The van der Waals surface area contributed by atoms with E-state index in [-0.39, 0.29) is 6.54 Å². The molecule has 0 radical (unpaired) electrons. The normalized spacial score (nSPS) is 10.8. The Balaban J connectivity index is 2.60. The quantitative estimate of drug-likeness (QED) is 0.851. The molecule has 0 aliphatic heterocycles. The Bertz CT molecular complexity index is 477. The summed E-state index contributed by atoms with van der Waals surface area (Å²) in [6, 6.07) is 13.1. The Labute approximate surface area is 99.8 Å². The fourth-order valence-electron chi connectivity index (χ4n) is 1.73. The van der Waals surface area contributed by atoms with Crippen molar-refractivity contribution in [2.75, 3.05) is 6.54 Å². The average molecular weight is 224 g/mol. The topological polar surface area (TPSA) is 75.6 Å². The summed E-state index contributed by atoms with van der Waals surface area (Å²) in [6.07, 6.45) is 3.31. The van der Waals surface area contributed by atoms with Gasteiger partial charge in [-0.2, -0.15) is 5.26 Å². The minimum atomic E-state index is -0.970. The van der Waals surface area contributed by atoms with Crippen molar-refractivity contribution in [3.8, 4) is 6.07 Å². The molecule has 2 aromatic heterocycles. The molecule has 0 aromatic carbocycles. The summed E-state index contributed by atoms with van der Waals surface area (Å²) < 4.78 is 0. The summed E-state index contributed by atoms with van der Waals surface area (Å²) in [5, 5.41) is 9.47. The van der Waals surface area contributed by atoms with Gasteiger partial charge in [0.15, 0.2) is 5.41 Å². The van der Waals surface area contributed by atoms with Crippen LogP contribution < -0.4 is 5.73 Å². The SMILES string of the molecule is N#CC(CN)(c1ccccn1)c1ccccn1. The number of nitrogens with zero attached hydrogens (tertiary/aromatic N) is 3. The largest absolute Gasteiger partial charge is 0.328 e. The predicted octanol–water partition coefficient (Wildman–Crippen LogP) is 1.24. The lowest BCUT2D eigenvalue weighted by atomic mass is 9.82. The minimum Gasteiger partial charge on any atom is -0.328 e. The van der Waals surface area contributed by atoms with E-state index in [0.29, 0.717) is 11.4 Å². The zero-order valence-corrected chi connectivity index (χ0v) is 9.24. The van der Waals surface area contributed by atoms with E-state index in [9.17, 15) is 5.26 Å². The Morgan fingerprint density at radius 3 is 1.88 bits per heavy atom. The maximum absolute atomic E-state index is 9.47. The maximum atomic E-state index is 9.47. The van der Waals surface area contributed by atoms with Crippen LogP contribution in [0.1, 0.15) is 11.4 Å². The molecule has 0 atom stereocenters. The van der Waals surface area contributed by atoms with Crippen molar-refractivity contribution in [3.63, 3.8) is 0 Å². The van der Waals surface area contributed by atoms with Gasteiger partial charge in [-0.25, -0.2) is 0 Å². The Kier molecular flexibility index (Phi) is 3.12. The first-order valence-corrected chi connectivity index (χ1v) is 5.28. The van der Waals surface area contributed by atoms with E-state index in [1.54, 1.807) is 36.7 Å². The predicted molar refractivity (Wildman–Crippen MR) is 63.9 cm³/mol. The molecule has 2 rings (SSSR count). The molecule has 0 aliphatic carbocycles. The molecule has 0 bridgehead atoms. The smallest absolute Gasteiger partial charge is 0.153 e. The van der Waals surface area contributed by atoms with E-state index in [1.807, 2.05) is 12.1 Å². The van der Waals surface area contributed by atoms with E-state index in [0.717, 1.165) is 0 Å². The van der Waals surface area contributed by atoms with Gasteiger partial charge < -0.3 is 5.73 Å². The second-order valence-corrected chi connectivity index (χ2v) is 3.65. The third kappa shape index (κ3) is 1.88. The number of rotatable bonds is 3. The van der Waals surface area contributed by atoms with Crippen LogP contribution in [0.5, 0.6) is 0 Å². The van der Waals surface area contributed by atoms with Gasteiger partial charge in [-0.3, -0.25) is 9.97 Å². The number of nitriles is 1. The van der Waals surface area contributed by atoms with E-state index in [1.165, 1.54) is 0 Å². The van der Waals surface area contributed by atoms with Crippen molar-refractivity contribution in [1.29, 1.82) is 5.26 Å². The third-order valence-corrected chi connectivity index (χ3v) is 2.70. The van der Waals surface area contributed by atoms with Gasteiger partial charge in [-0.05, 0) is 24.3 Å². The molecule has 0 saturated carbocycles. The molecule has 2 aromatic rings. The van der Waals surface area contributed by atoms with Crippen molar-refractivity contribution in [2.24, 2.45) is 5.73 Å². The molecule has 0 spiro atoms.